The number of amides is 1. The molecule has 0 aliphatic carbocycles. The van der Waals surface area contributed by atoms with Gasteiger partial charge in [0.1, 0.15) is 5.71 Å². The van der Waals surface area contributed by atoms with Crippen molar-refractivity contribution < 1.29 is 18.0 Å². The third-order valence-corrected chi connectivity index (χ3v) is 4.38. The number of hydrogen-bond acceptors (Lipinski definition) is 3. The molecule has 0 N–H and O–H groups in total. The molecule has 1 aromatic heterocycles. The van der Waals surface area contributed by atoms with Crippen molar-refractivity contribution in [1.82, 2.24) is 4.98 Å². The lowest BCUT2D eigenvalue weighted by Crippen LogP contribution is -2.29. The largest absolute Gasteiger partial charge is 0.416 e. The van der Waals surface area contributed by atoms with Crippen LogP contribution in [-0.4, -0.2) is 16.6 Å². The van der Waals surface area contributed by atoms with Crippen LogP contribution >= 0.6 is 0 Å². The molecular weight excluding hydrogens is 367 g/mol. The summed E-state index contributed by atoms with van der Waals surface area (Å²) in [7, 11) is 0. The van der Waals surface area contributed by atoms with Crippen LogP contribution in [0.3, 0.4) is 0 Å². The van der Waals surface area contributed by atoms with Gasteiger partial charge in [-0.1, -0.05) is 30.3 Å². The molecule has 4 nitrogen and oxygen atoms in total. The predicted molar refractivity (Wildman–Crippen MR) is 99.5 cm³/mol. The summed E-state index contributed by atoms with van der Waals surface area (Å²) < 4.78 is 38.9. The van der Waals surface area contributed by atoms with E-state index in [4.69, 9.17) is 0 Å². The van der Waals surface area contributed by atoms with Crippen LogP contribution in [0.15, 0.2) is 78.0 Å². The van der Waals surface area contributed by atoms with Gasteiger partial charge >= 0.3 is 6.18 Å². The Kier molecular flexibility index (Phi) is 4.43. The second-order valence-corrected chi connectivity index (χ2v) is 6.28. The van der Waals surface area contributed by atoms with E-state index in [1.165, 1.54) is 12.1 Å². The first-order valence-corrected chi connectivity index (χ1v) is 8.49. The van der Waals surface area contributed by atoms with Crippen molar-refractivity contribution >= 4 is 23.0 Å². The van der Waals surface area contributed by atoms with E-state index in [1.807, 2.05) is 6.07 Å². The number of carbonyl (C=O) groups is 1. The Labute approximate surface area is 159 Å². The van der Waals surface area contributed by atoms with Crippen LogP contribution in [0.2, 0.25) is 0 Å². The van der Waals surface area contributed by atoms with Crippen LogP contribution in [0.5, 0.6) is 0 Å². The first-order chi connectivity index (χ1) is 13.4. The number of anilines is 1. The molecule has 0 unspecified atom stereocenters. The second-order valence-electron chi connectivity index (χ2n) is 6.28. The van der Waals surface area contributed by atoms with Crippen molar-refractivity contribution in [2.75, 3.05) is 4.90 Å². The summed E-state index contributed by atoms with van der Waals surface area (Å²) in [5.74, 6) is -0.359. The van der Waals surface area contributed by atoms with Gasteiger partial charge in [0, 0.05) is 18.0 Å². The Morgan fingerprint density at radius 3 is 2.57 bits per heavy atom. The highest BCUT2D eigenvalue weighted by molar-refractivity contribution is 6.54. The highest BCUT2D eigenvalue weighted by Crippen LogP contribution is 2.34. The number of rotatable bonds is 3. The number of hydrogen-bond donors (Lipinski definition) is 0. The van der Waals surface area contributed by atoms with E-state index in [-0.39, 0.29) is 17.3 Å². The van der Waals surface area contributed by atoms with Crippen LogP contribution in [0.1, 0.15) is 16.7 Å². The second kappa shape index (κ2) is 6.92. The zero-order valence-corrected chi connectivity index (χ0v) is 14.5. The summed E-state index contributed by atoms with van der Waals surface area (Å²) in [5.41, 5.74) is 1.50. The molecule has 0 spiro atoms. The Morgan fingerprint density at radius 1 is 1.00 bits per heavy atom. The molecule has 3 aromatic rings. The molecule has 1 aliphatic rings. The quantitative estimate of drug-likeness (QED) is 0.656. The monoisotopic (exact) mass is 381 g/mol. The number of alkyl halides is 3. The van der Waals surface area contributed by atoms with Crippen molar-refractivity contribution in [2.45, 2.75) is 12.7 Å². The fourth-order valence-electron chi connectivity index (χ4n) is 3.08. The van der Waals surface area contributed by atoms with Gasteiger partial charge in [-0.25, -0.2) is 4.99 Å². The first kappa shape index (κ1) is 17.9. The zero-order chi connectivity index (χ0) is 19.7. The van der Waals surface area contributed by atoms with Gasteiger partial charge in [-0.15, -0.1) is 0 Å². The van der Waals surface area contributed by atoms with Gasteiger partial charge in [0.25, 0.3) is 5.91 Å². The van der Waals surface area contributed by atoms with E-state index in [0.29, 0.717) is 17.8 Å². The molecule has 0 fully saturated rings. The van der Waals surface area contributed by atoms with Crippen LogP contribution in [0.4, 0.5) is 24.5 Å². The lowest BCUT2D eigenvalue weighted by atomic mass is 10.1. The third kappa shape index (κ3) is 3.38. The van der Waals surface area contributed by atoms with Gasteiger partial charge in [0.05, 0.1) is 23.5 Å². The first-order valence-electron chi connectivity index (χ1n) is 8.49. The predicted octanol–water partition coefficient (Wildman–Crippen LogP) is 4.77. The van der Waals surface area contributed by atoms with Crippen LogP contribution < -0.4 is 4.90 Å². The van der Waals surface area contributed by atoms with Gasteiger partial charge in [0.15, 0.2) is 0 Å². The maximum atomic E-state index is 13.0. The Bertz CT molecular complexity index is 1060. The number of benzene rings is 2. The smallest absolute Gasteiger partial charge is 0.302 e. The highest BCUT2D eigenvalue weighted by Gasteiger charge is 2.34. The summed E-state index contributed by atoms with van der Waals surface area (Å²) in [5, 5.41) is 0. The minimum Gasteiger partial charge on any atom is -0.302 e. The molecule has 0 radical (unpaired) electrons. The molecular formula is C21H14F3N3O. The molecule has 2 aromatic carbocycles. The number of aromatic nitrogens is 1. The number of carbonyl (C=O) groups excluding carboxylic acids is 1. The number of para-hydroxylation sites is 1. The molecule has 2 heterocycles. The minimum absolute atomic E-state index is 0.0798. The van der Waals surface area contributed by atoms with Gasteiger partial charge in [-0.05, 0) is 35.9 Å². The highest BCUT2D eigenvalue weighted by atomic mass is 19.4. The van der Waals surface area contributed by atoms with Crippen molar-refractivity contribution in [2.24, 2.45) is 4.99 Å². The molecule has 0 saturated heterocycles. The molecule has 0 saturated carbocycles. The summed E-state index contributed by atoms with van der Waals surface area (Å²) in [6, 6.07) is 15.4. The van der Waals surface area contributed by atoms with Crippen LogP contribution in [-0.2, 0) is 17.5 Å². The van der Waals surface area contributed by atoms with E-state index in [9.17, 15) is 18.0 Å². The number of nitrogens with zero attached hydrogens (tertiary/aromatic N) is 3. The number of fused-ring (bicyclic) bond motifs is 1. The molecule has 140 valence electrons. The van der Waals surface area contributed by atoms with E-state index in [1.54, 1.807) is 47.6 Å². The lowest BCUT2D eigenvalue weighted by molar-refractivity contribution is -0.137. The zero-order valence-electron chi connectivity index (χ0n) is 14.5. The summed E-state index contributed by atoms with van der Waals surface area (Å²) in [6.07, 6.45) is -1.16. The molecule has 1 aliphatic heterocycles. The van der Waals surface area contributed by atoms with Gasteiger partial charge in [0.2, 0.25) is 0 Å². The molecule has 28 heavy (non-hydrogen) atoms. The number of pyridine rings is 1. The molecule has 0 bridgehead atoms. The normalized spacial score (nSPS) is 15.2. The maximum absolute atomic E-state index is 13.0. The Hall–Kier alpha value is -3.48. The minimum atomic E-state index is -4.47. The van der Waals surface area contributed by atoms with Crippen molar-refractivity contribution in [3.8, 4) is 0 Å². The summed E-state index contributed by atoms with van der Waals surface area (Å²) in [4.78, 5) is 22.9. The topological polar surface area (TPSA) is 45.6 Å². The van der Waals surface area contributed by atoms with Crippen LogP contribution in [0.25, 0.3) is 0 Å². The van der Waals surface area contributed by atoms with E-state index in [2.05, 4.69) is 9.98 Å². The van der Waals surface area contributed by atoms with Gasteiger partial charge < -0.3 is 4.90 Å². The molecule has 4 rings (SSSR count). The lowest BCUT2D eigenvalue weighted by Gasteiger charge is -2.16. The maximum Gasteiger partial charge on any atom is 0.416 e. The Morgan fingerprint density at radius 2 is 1.82 bits per heavy atom. The number of halogens is 3. The standard InChI is InChI=1S/C21H14F3N3O/c22-21(23,24)15-6-3-7-16(11-15)26-19-17-8-1-2-9-18(17)27(20(19)28)13-14-5-4-10-25-12-14/h1-12H,13H2. The molecule has 0 atom stereocenters. The van der Waals surface area contributed by atoms with E-state index < -0.39 is 11.7 Å². The SMILES string of the molecule is O=C1C(=Nc2cccc(C(F)(F)F)c2)c2ccccc2N1Cc1cccnc1. The average Bonchev–Trinajstić information content (AvgIpc) is 2.94. The summed E-state index contributed by atoms with van der Waals surface area (Å²) >= 11 is 0. The fraction of sp³-hybridized carbons (Fsp3) is 0.0952. The molecule has 1 amide bonds. The van der Waals surface area contributed by atoms with Crippen molar-refractivity contribution in [3.63, 3.8) is 0 Å². The molecule has 7 heteroatoms. The van der Waals surface area contributed by atoms with Crippen LogP contribution in [0, 0.1) is 0 Å². The van der Waals surface area contributed by atoms with Gasteiger partial charge in [-0.2, -0.15) is 13.2 Å². The Balaban J connectivity index is 1.74. The van der Waals surface area contributed by atoms with Crippen molar-refractivity contribution in [1.29, 1.82) is 0 Å². The fourth-order valence-corrected chi connectivity index (χ4v) is 3.08. The number of aliphatic imine (C=N–C) groups is 1. The summed E-state index contributed by atoms with van der Waals surface area (Å²) in [6.45, 7) is 0.297. The van der Waals surface area contributed by atoms with E-state index >= 15 is 0 Å². The average molecular weight is 381 g/mol. The van der Waals surface area contributed by atoms with E-state index in [0.717, 1.165) is 17.7 Å². The third-order valence-electron chi connectivity index (χ3n) is 4.38. The van der Waals surface area contributed by atoms with Gasteiger partial charge in [-0.3, -0.25) is 9.78 Å². The van der Waals surface area contributed by atoms with Crippen molar-refractivity contribution in [3.05, 3.63) is 89.7 Å².